The number of allylic oxidation sites excluding steroid dienone is 2. The van der Waals surface area contributed by atoms with E-state index in [-0.39, 0.29) is 0 Å². The summed E-state index contributed by atoms with van der Waals surface area (Å²) in [6, 6.07) is 0.473. The van der Waals surface area contributed by atoms with Crippen LogP contribution in [0.1, 0.15) is 19.8 Å². The lowest BCUT2D eigenvalue weighted by Gasteiger charge is -2.21. The van der Waals surface area contributed by atoms with Crippen LogP contribution in [0.15, 0.2) is 28.5 Å². The second-order valence-electron chi connectivity index (χ2n) is 4.47. The van der Waals surface area contributed by atoms with E-state index in [1.807, 2.05) is 13.1 Å². The molecule has 0 aromatic rings. The maximum absolute atomic E-state index is 5.85. The third kappa shape index (κ3) is 3.20. The van der Waals surface area contributed by atoms with Crippen LogP contribution in [0.3, 0.4) is 0 Å². The lowest BCUT2D eigenvalue weighted by molar-refractivity contribution is 0.141. The van der Waals surface area contributed by atoms with E-state index in [9.17, 15) is 0 Å². The summed E-state index contributed by atoms with van der Waals surface area (Å²) in [5, 5.41) is 0. The Morgan fingerprint density at radius 2 is 2.25 bits per heavy atom. The van der Waals surface area contributed by atoms with Crippen LogP contribution < -0.4 is 0 Å². The van der Waals surface area contributed by atoms with E-state index >= 15 is 0 Å². The Balaban J connectivity index is 2.83. The molecule has 1 heterocycles. The van der Waals surface area contributed by atoms with Gasteiger partial charge in [-0.15, -0.1) is 0 Å². The molecule has 0 aromatic heterocycles. The summed E-state index contributed by atoms with van der Waals surface area (Å²) in [4.78, 5) is 6.22. The van der Waals surface area contributed by atoms with E-state index in [0.29, 0.717) is 6.04 Å². The van der Waals surface area contributed by atoms with Crippen molar-refractivity contribution in [1.29, 1.82) is 0 Å². The molecule has 0 unspecified atom stereocenters. The highest BCUT2D eigenvalue weighted by molar-refractivity contribution is 5.79. The molecule has 0 aliphatic carbocycles. The summed E-state index contributed by atoms with van der Waals surface area (Å²) in [7, 11) is 5.95. The van der Waals surface area contributed by atoms with E-state index < -0.39 is 0 Å². The van der Waals surface area contributed by atoms with Crippen LogP contribution in [0, 0.1) is 0 Å². The van der Waals surface area contributed by atoms with Crippen molar-refractivity contribution in [2.75, 3.05) is 27.7 Å². The van der Waals surface area contributed by atoms with Gasteiger partial charge in [-0.2, -0.15) is 0 Å². The molecule has 1 rings (SSSR count). The van der Waals surface area contributed by atoms with Crippen molar-refractivity contribution in [3.05, 3.63) is 23.5 Å². The monoisotopic (exact) mass is 222 g/mol. The van der Waals surface area contributed by atoms with Gasteiger partial charge in [0.15, 0.2) is 0 Å². The zero-order valence-corrected chi connectivity index (χ0v) is 10.8. The standard InChI is InChI=1S/C13H22N2O/c1-10-6-7-12(15(4)5)9-16-13(10)11(2)8-14-3/h8,12H,1,6-7,9H2,2-5H3/b13-11+,14-8?/t12-/m1/s1. The van der Waals surface area contributed by atoms with Crippen LogP contribution in [0.2, 0.25) is 0 Å². The fourth-order valence-corrected chi connectivity index (χ4v) is 1.87. The molecule has 0 amide bonds. The first-order valence-corrected chi connectivity index (χ1v) is 5.66. The van der Waals surface area contributed by atoms with E-state index in [0.717, 1.165) is 36.4 Å². The topological polar surface area (TPSA) is 24.8 Å². The summed E-state index contributed by atoms with van der Waals surface area (Å²) in [6.07, 6.45) is 3.93. The normalized spacial score (nSPS) is 25.8. The molecule has 0 aromatic carbocycles. The third-order valence-corrected chi connectivity index (χ3v) is 2.93. The number of likely N-dealkylation sites (N-methyl/N-ethyl adjacent to an activating group) is 1. The molecular formula is C13H22N2O. The largest absolute Gasteiger partial charge is 0.491 e. The average molecular weight is 222 g/mol. The zero-order valence-electron chi connectivity index (χ0n) is 10.8. The molecule has 0 radical (unpaired) electrons. The number of hydrogen-bond donors (Lipinski definition) is 0. The molecule has 3 heteroatoms. The molecule has 0 saturated carbocycles. The highest BCUT2D eigenvalue weighted by Crippen LogP contribution is 2.25. The Morgan fingerprint density at radius 3 is 2.81 bits per heavy atom. The van der Waals surface area contributed by atoms with Crippen molar-refractivity contribution in [1.82, 2.24) is 4.90 Å². The average Bonchev–Trinajstić information content (AvgIpc) is 2.40. The minimum Gasteiger partial charge on any atom is -0.491 e. The summed E-state index contributed by atoms with van der Waals surface area (Å²) < 4.78 is 5.85. The van der Waals surface area contributed by atoms with Crippen LogP contribution in [-0.4, -0.2) is 44.9 Å². The Bertz CT molecular complexity index is 316. The van der Waals surface area contributed by atoms with Gasteiger partial charge in [-0.05, 0) is 39.4 Å². The van der Waals surface area contributed by atoms with Crippen molar-refractivity contribution < 1.29 is 4.74 Å². The van der Waals surface area contributed by atoms with Gasteiger partial charge in [0.25, 0.3) is 0 Å². The number of nitrogens with zero attached hydrogens (tertiary/aromatic N) is 2. The highest BCUT2D eigenvalue weighted by atomic mass is 16.5. The van der Waals surface area contributed by atoms with Gasteiger partial charge in [-0.25, -0.2) is 0 Å². The predicted octanol–water partition coefficient (Wildman–Crippen LogP) is 2.26. The molecule has 16 heavy (non-hydrogen) atoms. The lowest BCUT2D eigenvalue weighted by atomic mass is 10.0. The van der Waals surface area contributed by atoms with E-state index in [4.69, 9.17) is 4.74 Å². The molecule has 0 spiro atoms. The van der Waals surface area contributed by atoms with Crippen molar-refractivity contribution in [3.8, 4) is 0 Å². The van der Waals surface area contributed by atoms with Gasteiger partial charge in [-0.3, -0.25) is 4.99 Å². The predicted molar refractivity (Wildman–Crippen MR) is 68.9 cm³/mol. The van der Waals surface area contributed by atoms with Crippen molar-refractivity contribution >= 4 is 6.21 Å². The molecule has 0 N–H and O–H groups in total. The Morgan fingerprint density at radius 1 is 1.56 bits per heavy atom. The maximum Gasteiger partial charge on any atom is 0.126 e. The molecule has 1 fully saturated rings. The number of ether oxygens (including phenoxy) is 1. The molecule has 90 valence electrons. The molecule has 1 aliphatic rings. The fraction of sp³-hybridized carbons (Fsp3) is 0.615. The van der Waals surface area contributed by atoms with Crippen molar-refractivity contribution in [2.24, 2.45) is 4.99 Å². The van der Waals surface area contributed by atoms with Crippen LogP contribution in [0.4, 0.5) is 0 Å². The quantitative estimate of drug-likeness (QED) is 0.669. The minimum atomic E-state index is 0.473. The Kier molecular flexibility index (Phi) is 4.74. The van der Waals surface area contributed by atoms with Crippen molar-refractivity contribution in [2.45, 2.75) is 25.8 Å². The Labute approximate surface area is 98.5 Å². The molecule has 1 aliphatic heterocycles. The van der Waals surface area contributed by atoms with E-state index in [1.54, 1.807) is 7.05 Å². The summed E-state index contributed by atoms with van der Waals surface area (Å²) in [5.74, 6) is 0.926. The number of aliphatic imine (C=N–C) groups is 1. The first-order valence-electron chi connectivity index (χ1n) is 5.66. The van der Waals surface area contributed by atoms with E-state index in [2.05, 4.69) is 30.6 Å². The summed E-state index contributed by atoms with van der Waals surface area (Å²) in [6.45, 7) is 6.84. The first-order chi connectivity index (χ1) is 7.56. The SMILES string of the molecule is C=C1CC[C@@H](N(C)C)CO/C1=C(\C)C=NC. The number of rotatable bonds is 2. The summed E-state index contributed by atoms with van der Waals surface area (Å²) in [5.41, 5.74) is 2.15. The zero-order chi connectivity index (χ0) is 12.1. The second-order valence-corrected chi connectivity index (χ2v) is 4.47. The van der Waals surface area contributed by atoms with Gasteiger partial charge in [0.1, 0.15) is 12.4 Å². The molecule has 3 nitrogen and oxygen atoms in total. The Hall–Kier alpha value is -1.09. The highest BCUT2D eigenvalue weighted by Gasteiger charge is 2.20. The molecular weight excluding hydrogens is 200 g/mol. The van der Waals surface area contributed by atoms with Crippen molar-refractivity contribution in [3.63, 3.8) is 0 Å². The molecule has 1 atom stereocenters. The minimum absolute atomic E-state index is 0.473. The van der Waals surface area contributed by atoms with Gasteiger partial charge in [-0.1, -0.05) is 6.58 Å². The second kappa shape index (κ2) is 5.85. The number of hydrogen-bond acceptors (Lipinski definition) is 3. The van der Waals surface area contributed by atoms with Crippen LogP contribution in [0.25, 0.3) is 0 Å². The van der Waals surface area contributed by atoms with Crippen LogP contribution >= 0.6 is 0 Å². The van der Waals surface area contributed by atoms with Gasteiger partial charge in [0.2, 0.25) is 0 Å². The van der Waals surface area contributed by atoms with E-state index in [1.165, 1.54) is 0 Å². The molecule has 1 saturated heterocycles. The molecule has 0 bridgehead atoms. The maximum atomic E-state index is 5.85. The smallest absolute Gasteiger partial charge is 0.126 e. The third-order valence-electron chi connectivity index (χ3n) is 2.93. The summed E-state index contributed by atoms with van der Waals surface area (Å²) >= 11 is 0. The fourth-order valence-electron chi connectivity index (χ4n) is 1.87. The van der Waals surface area contributed by atoms with Gasteiger partial charge in [0.05, 0.1) is 0 Å². The van der Waals surface area contributed by atoms with Gasteiger partial charge in [0, 0.05) is 24.9 Å². The first kappa shape index (κ1) is 13.0. The lowest BCUT2D eigenvalue weighted by Crippen LogP contribution is -2.31. The van der Waals surface area contributed by atoms with Gasteiger partial charge < -0.3 is 9.64 Å². The van der Waals surface area contributed by atoms with Crippen LogP contribution in [0.5, 0.6) is 0 Å². The van der Waals surface area contributed by atoms with Crippen LogP contribution in [-0.2, 0) is 4.74 Å². The van der Waals surface area contributed by atoms with Gasteiger partial charge >= 0.3 is 0 Å².